The Kier molecular flexibility index (Phi) is 5.49. The van der Waals surface area contributed by atoms with Crippen LogP contribution in [0.3, 0.4) is 0 Å². The van der Waals surface area contributed by atoms with Gasteiger partial charge in [-0.2, -0.15) is 0 Å². The van der Waals surface area contributed by atoms with E-state index in [0.29, 0.717) is 0 Å². The monoisotopic (exact) mass is 244 g/mol. The van der Waals surface area contributed by atoms with E-state index in [1.165, 1.54) is 12.8 Å². The second-order valence-electron chi connectivity index (χ2n) is 4.76. The Hall–Kier alpha value is -0.350. The van der Waals surface area contributed by atoms with E-state index < -0.39 is 0 Å². The number of likely N-dealkylation sites (tertiary alicyclic amines) is 1. The van der Waals surface area contributed by atoms with Crippen LogP contribution in [-0.4, -0.2) is 42.4 Å². The molecule has 1 unspecified atom stereocenters. The highest BCUT2D eigenvalue weighted by Gasteiger charge is 2.31. The molecular formula is C12H24N2OS. The lowest BCUT2D eigenvalue weighted by molar-refractivity contribution is -0.0349. The van der Waals surface area contributed by atoms with Gasteiger partial charge in [0.2, 0.25) is 0 Å². The number of nitrogens with zero attached hydrogens (tertiary/aromatic N) is 1. The third-order valence-corrected chi connectivity index (χ3v) is 3.65. The van der Waals surface area contributed by atoms with E-state index in [-0.39, 0.29) is 5.60 Å². The Morgan fingerprint density at radius 3 is 2.94 bits per heavy atom. The maximum Gasteiger partial charge on any atom is 0.169 e. The summed E-state index contributed by atoms with van der Waals surface area (Å²) in [6.07, 6.45) is 4.65. The van der Waals surface area contributed by atoms with Gasteiger partial charge >= 0.3 is 0 Å². The van der Waals surface area contributed by atoms with Gasteiger partial charge in [-0.15, -0.1) is 0 Å². The molecule has 1 rings (SSSR count). The molecule has 3 nitrogen and oxygen atoms in total. The summed E-state index contributed by atoms with van der Waals surface area (Å²) in [5, 5.41) is 4.20. The molecule has 0 spiro atoms. The minimum Gasteiger partial charge on any atom is -0.377 e. The largest absolute Gasteiger partial charge is 0.377 e. The molecule has 0 radical (unpaired) electrons. The topological polar surface area (TPSA) is 24.5 Å². The average molecular weight is 244 g/mol. The summed E-state index contributed by atoms with van der Waals surface area (Å²) in [5.74, 6) is 0. The maximum absolute atomic E-state index is 5.56. The number of methoxy groups -OCH3 is 1. The summed E-state index contributed by atoms with van der Waals surface area (Å²) in [5.41, 5.74) is -0.0330. The fraction of sp³-hybridized carbons (Fsp3) is 0.917. The fourth-order valence-electron chi connectivity index (χ4n) is 2.03. The van der Waals surface area contributed by atoms with Crippen molar-refractivity contribution in [3.63, 3.8) is 0 Å². The van der Waals surface area contributed by atoms with Gasteiger partial charge in [0.1, 0.15) is 0 Å². The van der Waals surface area contributed by atoms with Gasteiger partial charge < -0.3 is 15.0 Å². The van der Waals surface area contributed by atoms with Gasteiger partial charge in [0.15, 0.2) is 5.11 Å². The lowest BCUT2D eigenvalue weighted by Crippen LogP contribution is -2.52. The van der Waals surface area contributed by atoms with Gasteiger partial charge in [-0.25, -0.2) is 0 Å². The van der Waals surface area contributed by atoms with Gasteiger partial charge in [-0.3, -0.25) is 0 Å². The van der Waals surface area contributed by atoms with E-state index in [4.69, 9.17) is 17.0 Å². The van der Waals surface area contributed by atoms with Gasteiger partial charge in [-0.05, 0) is 38.4 Å². The van der Waals surface area contributed by atoms with Crippen molar-refractivity contribution in [2.75, 3.05) is 26.7 Å². The Morgan fingerprint density at radius 1 is 1.56 bits per heavy atom. The predicted molar refractivity (Wildman–Crippen MR) is 71.7 cm³/mol. The van der Waals surface area contributed by atoms with Gasteiger partial charge in [0, 0.05) is 26.7 Å². The lowest BCUT2D eigenvalue weighted by Gasteiger charge is -2.40. The van der Waals surface area contributed by atoms with Crippen molar-refractivity contribution in [2.45, 2.75) is 45.1 Å². The molecule has 0 saturated carbocycles. The standard InChI is InChI=1S/C12H24N2OS/c1-4-5-8-13-11(16)14-9-6-7-12(2,10-14)15-3/h4-10H2,1-3H3,(H,13,16). The Balaban J connectivity index is 2.38. The first kappa shape index (κ1) is 13.7. The lowest BCUT2D eigenvalue weighted by atomic mass is 9.95. The first-order chi connectivity index (χ1) is 7.61. The molecule has 1 aliphatic heterocycles. The van der Waals surface area contributed by atoms with Crippen molar-refractivity contribution < 1.29 is 4.74 Å². The zero-order chi connectivity index (χ0) is 12.0. The number of thiocarbonyl (C=S) groups is 1. The number of unbranched alkanes of at least 4 members (excludes halogenated alkanes) is 1. The molecule has 0 bridgehead atoms. The maximum atomic E-state index is 5.56. The van der Waals surface area contributed by atoms with Crippen molar-refractivity contribution in [3.05, 3.63) is 0 Å². The molecule has 0 aromatic carbocycles. The number of nitrogens with one attached hydrogen (secondary N) is 1. The molecule has 1 atom stereocenters. The molecule has 0 aromatic rings. The second-order valence-corrected chi connectivity index (χ2v) is 5.15. The van der Waals surface area contributed by atoms with Crippen LogP contribution in [-0.2, 0) is 4.74 Å². The number of rotatable bonds is 4. The van der Waals surface area contributed by atoms with Crippen molar-refractivity contribution in [1.29, 1.82) is 0 Å². The number of hydrogen-bond donors (Lipinski definition) is 1. The summed E-state index contributed by atoms with van der Waals surface area (Å²) in [6, 6.07) is 0. The SMILES string of the molecule is CCCCNC(=S)N1CCCC(C)(OC)C1. The Labute approximate surface area is 105 Å². The zero-order valence-corrected chi connectivity index (χ0v) is 11.5. The van der Waals surface area contributed by atoms with Gasteiger partial charge in [0.05, 0.1) is 5.60 Å². The van der Waals surface area contributed by atoms with Crippen molar-refractivity contribution in [3.8, 4) is 0 Å². The van der Waals surface area contributed by atoms with Gasteiger partial charge in [0.25, 0.3) is 0 Å². The fourth-order valence-corrected chi connectivity index (χ4v) is 2.29. The summed E-state index contributed by atoms with van der Waals surface area (Å²) in [7, 11) is 1.79. The highest BCUT2D eigenvalue weighted by molar-refractivity contribution is 7.80. The number of ether oxygens (including phenoxy) is 1. The van der Waals surface area contributed by atoms with Crippen LogP contribution in [0, 0.1) is 0 Å². The smallest absolute Gasteiger partial charge is 0.169 e. The van der Waals surface area contributed by atoms with E-state index in [1.807, 2.05) is 0 Å². The average Bonchev–Trinajstić information content (AvgIpc) is 2.29. The molecule has 1 fully saturated rings. The summed E-state index contributed by atoms with van der Waals surface area (Å²) >= 11 is 5.40. The minimum absolute atomic E-state index is 0.0330. The van der Waals surface area contributed by atoms with Crippen LogP contribution < -0.4 is 5.32 Å². The Morgan fingerprint density at radius 2 is 2.31 bits per heavy atom. The van der Waals surface area contributed by atoms with Crippen molar-refractivity contribution in [2.24, 2.45) is 0 Å². The van der Waals surface area contributed by atoms with Crippen LogP contribution in [0.2, 0.25) is 0 Å². The Bertz CT molecular complexity index is 235. The summed E-state index contributed by atoms with van der Waals surface area (Å²) < 4.78 is 5.56. The van der Waals surface area contributed by atoms with Crippen LogP contribution in [0.5, 0.6) is 0 Å². The molecule has 1 N–H and O–H groups in total. The van der Waals surface area contributed by atoms with Crippen LogP contribution in [0.1, 0.15) is 39.5 Å². The third kappa shape index (κ3) is 3.91. The molecular weight excluding hydrogens is 220 g/mol. The summed E-state index contributed by atoms with van der Waals surface area (Å²) in [4.78, 5) is 2.23. The van der Waals surface area contributed by atoms with E-state index >= 15 is 0 Å². The first-order valence-electron chi connectivity index (χ1n) is 6.19. The van der Waals surface area contributed by atoms with E-state index in [9.17, 15) is 0 Å². The predicted octanol–water partition coefficient (Wildman–Crippen LogP) is 2.16. The van der Waals surface area contributed by atoms with Crippen molar-refractivity contribution in [1.82, 2.24) is 10.2 Å². The highest BCUT2D eigenvalue weighted by atomic mass is 32.1. The van der Waals surface area contributed by atoms with Crippen LogP contribution in [0.25, 0.3) is 0 Å². The number of piperidine rings is 1. The highest BCUT2D eigenvalue weighted by Crippen LogP contribution is 2.23. The minimum atomic E-state index is -0.0330. The molecule has 0 aliphatic carbocycles. The molecule has 1 aliphatic rings. The quantitative estimate of drug-likeness (QED) is 0.605. The molecule has 4 heteroatoms. The molecule has 0 amide bonds. The van der Waals surface area contributed by atoms with Crippen LogP contribution in [0.15, 0.2) is 0 Å². The molecule has 1 heterocycles. The first-order valence-corrected chi connectivity index (χ1v) is 6.60. The summed E-state index contributed by atoms with van der Waals surface area (Å²) in [6.45, 7) is 7.29. The van der Waals surface area contributed by atoms with Crippen LogP contribution >= 0.6 is 12.2 Å². The van der Waals surface area contributed by atoms with E-state index in [2.05, 4.69) is 24.1 Å². The molecule has 0 aromatic heterocycles. The second kappa shape index (κ2) is 6.40. The molecule has 1 saturated heterocycles. The van der Waals surface area contributed by atoms with E-state index in [1.54, 1.807) is 7.11 Å². The van der Waals surface area contributed by atoms with Gasteiger partial charge in [-0.1, -0.05) is 13.3 Å². The van der Waals surface area contributed by atoms with Crippen molar-refractivity contribution >= 4 is 17.3 Å². The van der Waals surface area contributed by atoms with Crippen LogP contribution in [0.4, 0.5) is 0 Å². The number of hydrogen-bond acceptors (Lipinski definition) is 2. The normalized spacial score (nSPS) is 25.6. The van der Waals surface area contributed by atoms with E-state index in [0.717, 1.165) is 37.6 Å². The molecule has 16 heavy (non-hydrogen) atoms. The zero-order valence-electron chi connectivity index (χ0n) is 10.7. The third-order valence-electron chi connectivity index (χ3n) is 3.25. The molecule has 94 valence electrons.